The number of carboxylic acid groups (broad SMARTS) is 1. The topological polar surface area (TPSA) is 97.5 Å². The zero-order valence-electron chi connectivity index (χ0n) is 11.2. The molecule has 0 bridgehead atoms. The molecule has 0 radical (unpaired) electrons. The molecule has 7 heteroatoms. The molecule has 2 rings (SSSR count). The van der Waals surface area contributed by atoms with Crippen molar-refractivity contribution in [2.45, 2.75) is 24.7 Å². The molecular weight excluding hydrogens is 282 g/mol. The molecule has 1 atom stereocenters. The molecule has 0 aliphatic rings. The van der Waals surface area contributed by atoms with Gasteiger partial charge in [0.2, 0.25) is 0 Å². The maximum Gasteiger partial charge on any atom is 0.303 e. The van der Waals surface area contributed by atoms with Crippen molar-refractivity contribution in [3.63, 3.8) is 0 Å². The summed E-state index contributed by atoms with van der Waals surface area (Å²) < 4.78 is 28.4. The van der Waals surface area contributed by atoms with Crippen molar-refractivity contribution >= 4 is 26.9 Å². The molecule has 0 spiro atoms. The fourth-order valence-electron chi connectivity index (χ4n) is 1.94. The smallest absolute Gasteiger partial charge is 0.303 e. The van der Waals surface area contributed by atoms with Gasteiger partial charge in [0, 0.05) is 19.1 Å². The lowest BCUT2D eigenvalue weighted by atomic mass is 10.0. The summed E-state index contributed by atoms with van der Waals surface area (Å²) in [6, 6.07) is 4.48. The van der Waals surface area contributed by atoms with Gasteiger partial charge >= 0.3 is 5.97 Å². The highest BCUT2D eigenvalue weighted by Gasteiger charge is 2.15. The van der Waals surface area contributed by atoms with Crippen LogP contribution in [0.2, 0.25) is 0 Å². The van der Waals surface area contributed by atoms with E-state index in [0.717, 1.165) is 6.26 Å². The van der Waals surface area contributed by atoms with Crippen LogP contribution in [0.15, 0.2) is 27.5 Å². The van der Waals surface area contributed by atoms with Gasteiger partial charge in [0.25, 0.3) is 0 Å². The Morgan fingerprint density at radius 2 is 2.15 bits per heavy atom. The Bertz CT molecular complexity index is 747. The van der Waals surface area contributed by atoms with Gasteiger partial charge in [-0.2, -0.15) is 0 Å². The number of oxazole rings is 1. The average Bonchev–Trinajstić information content (AvgIpc) is 2.66. The van der Waals surface area contributed by atoms with Crippen LogP contribution in [0.25, 0.3) is 11.1 Å². The first-order valence-electron chi connectivity index (χ1n) is 6.07. The van der Waals surface area contributed by atoms with E-state index in [9.17, 15) is 13.2 Å². The molecule has 2 aromatic rings. The van der Waals surface area contributed by atoms with Crippen molar-refractivity contribution in [2.75, 3.05) is 6.26 Å². The van der Waals surface area contributed by atoms with Gasteiger partial charge in [-0.15, -0.1) is 0 Å². The first-order chi connectivity index (χ1) is 9.25. The van der Waals surface area contributed by atoms with E-state index in [2.05, 4.69) is 4.98 Å². The van der Waals surface area contributed by atoms with Crippen LogP contribution >= 0.6 is 0 Å². The summed E-state index contributed by atoms with van der Waals surface area (Å²) in [4.78, 5) is 15.0. The van der Waals surface area contributed by atoms with Gasteiger partial charge in [0.15, 0.2) is 21.3 Å². The summed E-state index contributed by atoms with van der Waals surface area (Å²) in [7, 11) is -3.28. The molecule has 20 heavy (non-hydrogen) atoms. The maximum absolute atomic E-state index is 11.5. The molecule has 0 saturated heterocycles. The molecule has 1 aromatic carbocycles. The largest absolute Gasteiger partial charge is 0.481 e. The van der Waals surface area contributed by atoms with Gasteiger partial charge in [0.1, 0.15) is 5.52 Å². The molecule has 0 fully saturated rings. The predicted octanol–water partition coefficient (Wildman–Crippen LogP) is 1.88. The number of fused-ring (bicyclic) bond motifs is 1. The number of nitrogens with zero attached hydrogens (tertiary/aromatic N) is 1. The Kier molecular flexibility index (Phi) is 3.80. The lowest BCUT2D eigenvalue weighted by Crippen LogP contribution is -2.07. The van der Waals surface area contributed by atoms with Crippen LogP contribution in [0.4, 0.5) is 0 Å². The van der Waals surface area contributed by atoms with E-state index in [-0.39, 0.29) is 17.2 Å². The Hall–Kier alpha value is -1.89. The van der Waals surface area contributed by atoms with Crippen molar-refractivity contribution in [1.29, 1.82) is 0 Å². The maximum atomic E-state index is 11.5. The van der Waals surface area contributed by atoms with E-state index in [4.69, 9.17) is 9.52 Å². The molecule has 6 nitrogen and oxygen atoms in total. The molecule has 1 N–H and O–H groups in total. The lowest BCUT2D eigenvalue weighted by molar-refractivity contribution is -0.137. The second-order valence-corrected chi connectivity index (χ2v) is 6.93. The quantitative estimate of drug-likeness (QED) is 0.905. The fourth-order valence-corrected chi connectivity index (χ4v) is 2.58. The molecule has 1 unspecified atom stereocenters. The Labute approximate surface area is 116 Å². The number of aromatic nitrogens is 1. The number of hydrogen-bond acceptors (Lipinski definition) is 5. The van der Waals surface area contributed by atoms with Crippen molar-refractivity contribution in [1.82, 2.24) is 4.98 Å². The number of benzene rings is 1. The van der Waals surface area contributed by atoms with E-state index in [1.165, 1.54) is 12.1 Å². The van der Waals surface area contributed by atoms with Gasteiger partial charge in [0.05, 0.1) is 4.90 Å². The highest BCUT2D eigenvalue weighted by atomic mass is 32.2. The monoisotopic (exact) mass is 297 g/mol. The van der Waals surface area contributed by atoms with Crippen LogP contribution in [0.5, 0.6) is 0 Å². The Morgan fingerprint density at radius 3 is 2.75 bits per heavy atom. The third kappa shape index (κ3) is 3.36. The van der Waals surface area contributed by atoms with Gasteiger partial charge in [-0.1, -0.05) is 6.92 Å². The number of rotatable bonds is 5. The minimum Gasteiger partial charge on any atom is -0.481 e. The summed E-state index contributed by atoms with van der Waals surface area (Å²) in [5.74, 6) is -0.553. The molecule has 108 valence electrons. The zero-order valence-corrected chi connectivity index (χ0v) is 12.0. The highest BCUT2D eigenvalue weighted by Crippen LogP contribution is 2.22. The Morgan fingerprint density at radius 1 is 1.45 bits per heavy atom. The molecule has 0 aliphatic carbocycles. The minimum atomic E-state index is -3.28. The van der Waals surface area contributed by atoms with E-state index in [0.29, 0.717) is 23.4 Å². The first kappa shape index (κ1) is 14.5. The van der Waals surface area contributed by atoms with Crippen molar-refractivity contribution in [2.24, 2.45) is 5.92 Å². The zero-order chi connectivity index (χ0) is 14.9. The van der Waals surface area contributed by atoms with Gasteiger partial charge in [-0.25, -0.2) is 13.4 Å². The van der Waals surface area contributed by atoms with Gasteiger partial charge in [-0.3, -0.25) is 4.79 Å². The second kappa shape index (κ2) is 5.24. The number of carboxylic acids is 1. The molecular formula is C13H15NO5S. The number of hydrogen-bond donors (Lipinski definition) is 1. The standard InChI is InChI=1S/C13H15NO5S/c1-8(6-13(15)16)5-12-14-10-7-9(20(2,17)18)3-4-11(10)19-12/h3-4,7-8H,5-6H2,1-2H3,(H,15,16). The van der Waals surface area contributed by atoms with Crippen LogP contribution in [-0.2, 0) is 21.1 Å². The summed E-state index contributed by atoms with van der Waals surface area (Å²) in [6.45, 7) is 1.80. The van der Waals surface area contributed by atoms with Crippen LogP contribution < -0.4 is 0 Å². The van der Waals surface area contributed by atoms with E-state index in [1.54, 1.807) is 13.0 Å². The van der Waals surface area contributed by atoms with E-state index >= 15 is 0 Å². The molecule has 0 saturated carbocycles. The summed E-state index contributed by atoms with van der Waals surface area (Å²) in [6.07, 6.45) is 1.56. The van der Waals surface area contributed by atoms with Crippen molar-refractivity contribution in [3.8, 4) is 0 Å². The van der Waals surface area contributed by atoms with Gasteiger partial charge in [-0.05, 0) is 24.1 Å². The van der Waals surface area contributed by atoms with Crippen LogP contribution in [0.1, 0.15) is 19.2 Å². The highest BCUT2D eigenvalue weighted by molar-refractivity contribution is 7.90. The van der Waals surface area contributed by atoms with E-state index < -0.39 is 15.8 Å². The Balaban J connectivity index is 2.28. The average molecular weight is 297 g/mol. The number of aliphatic carboxylic acids is 1. The number of carbonyl (C=O) groups is 1. The first-order valence-corrected chi connectivity index (χ1v) is 7.96. The van der Waals surface area contributed by atoms with Crippen molar-refractivity contribution in [3.05, 3.63) is 24.1 Å². The normalized spacial score (nSPS) is 13.5. The minimum absolute atomic E-state index is 0.0350. The third-order valence-electron chi connectivity index (χ3n) is 2.88. The summed E-state index contributed by atoms with van der Waals surface area (Å²) in [5, 5.41) is 8.71. The van der Waals surface area contributed by atoms with Gasteiger partial charge < -0.3 is 9.52 Å². The van der Waals surface area contributed by atoms with Crippen LogP contribution in [0.3, 0.4) is 0 Å². The third-order valence-corrected chi connectivity index (χ3v) is 3.99. The molecule has 0 aliphatic heterocycles. The second-order valence-electron chi connectivity index (χ2n) is 4.92. The fraction of sp³-hybridized carbons (Fsp3) is 0.385. The molecule has 1 heterocycles. The molecule has 0 amide bonds. The van der Waals surface area contributed by atoms with Crippen LogP contribution in [0, 0.1) is 5.92 Å². The van der Waals surface area contributed by atoms with E-state index in [1.807, 2.05) is 0 Å². The SMILES string of the molecule is CC(CC(=O)O)Cc1nc2cc(S(C)(=O)=O)ccc2o1. The predicted molar refractivity (Wildman–Crippen MR) is 72.2 cm³/mol. The van der Waals surface area contributed by atoms with Crippen LogP contribution in [-0.4, -0.2) is 30.7 Å². The summed E-state index contributed by atoms with van der Waals surface area (Å²) in [5.41, 5.74) is 0.959. The van der Waals surface area contributed by atoms with Crippen molar-refractivity contribution < 1.29 is 22.7 Å². The molecule has 1 aromatic heterocycles. The lowest BCUT2D eigenvalue weighted by Gasteiger charge is -2.03. The number of sulfone groups is 1. The summed E-state index contributed by atoms with van der Waals surface area (Å²) >= 11 is 0.